The smallest absolute Gasteiger partial charge is 0.407 e. The maximum absolute atomic E-state index is 13.0. The average Bonchev–Trinajstić information content (AvgIpc) is 3.43. The Morgan fingerprint density at radius 3 is 2.26 bits per heavy atom. The molecule has 2 aromatic rings. The van der Waals surface area contributed by atoms with E-state index in [1.165, 1.54) is 0 Å². The Morgan fingerprint density at radius 1 is 1.03 bits per heavy atom. The van der Waals surface area contributed by atoms with Gasteiger partial charge < -0.3 is 25.4 Å². The van der Waals surface area contributed by atoms with Gasteiger partial charge in [-0.2, -0.15) is 0 Å². The lowest BCUT2D eigenvalue weighted by atomic mass is 9.98. The molecule has 0 heterocycles. The van der Waals surface area contributed by atoms with E-state index in [0.29, 0.717) is 25.8 Å². The van der Waals surface area contributed by atoms with Crippen molar-refractivity contribution in [3.63, 3.8) is 0 Å². The van der Waals surface area contributed by atoms with E-state index < -0.39 is 30.1 Å². The lowest BCUT2D eigenvalue weighted by Gasteiger charge is -2.24. The zero-order chi connectivity index (χ0) is 24.9. The fourth-order valence-corrected chi connectivity index (χ4v) is 5.15. The molecule has 2 aliphatic carbocycles. The summed E-state index contributed by atoms with van der Waals surface area (Å²) in [5.41, 5.74) is 4.52. The Morgan fingerprint density at radius 2 is 1.66 bits per heavy atom. The third-order valence-electron chi connectivity index (χ3n) is 6.98. The number of nitrogens with zero attached hydrogens (tertiary/aromatic N) is 1. The third-order valence-corrected chi connectivity index (χ3v) is 6.98. The number of carbonyl (C=O) groups is 3. The molecule has 4 rings (SSSR count). The Hall–Kier alpha value is -3.39. The zero-order valence-corrected chi connectivity index (χ0v) is 20.2. The fraction of sp³-hybridized carbons (Fsp3) is 0.444. The second-order valence-corrected chi connectivity index (χ2v) is 9.61. The number of aliphatic carboxylic acids is 1. The van der Waals surface area contributed by atoms with Crippen LogP contribution < -0.4 is 10.6 Å². The Balaban J connectivity index is 1.40. The largest absolute Gasteiger partial charge is 0.481 e. The van der Waals surface area contributed by atoms with E-state index in [-0.39, 0.29) is 18.4 Å². The monoisotopic (exact) mass is 479 g/mol. The minimum absolute atomic E-state index is 0.0722. The summed E-state index contributed by atoms with van der Waals surface area (Å²) in [5.74, 6) is -1.94. The Bertz CT molecular complexity index is 1040. The topological polar surface area (TPSA) is 108 Å². The van der Waals surface area contributed by atoms with E-state index in [1.54, 1.807) is 0 Å². The molecule has 3 atom stereocenters. The van der Waals surface area contributed by atoms with Crippen LogP contribution in [-0.2, 0) is 14.3 Å². The highest BCUT2D eigenvalue weighted by Crippen LogP contribution is 2.44. The number of ether oxygens (including phenoxy) is 1. The van der Waals surface area contributed by atoms with Crippen LogP contribution in [0.5, 0.6) is 0 Å². The van der Waals surface area contributed by atoms with Gasteiger partial charge in [0.05, 0.1) is 5.92 Å². The molecule has 1 saturated carbocycles. The lowest BCUT2D eigenvalue weighted by molar-refractivity contribution is -0.142. The van der Waals surface area contributed by atoms with Crippen LogP contribution >= 0.6 is 0 Å². The van der Waals surface area contributed by atoms with Gasteiger partial charge in [0, 0.05) is 12.0 Å². The molecule has 0 bridgehead atoms. The lowest BCUT2D eigenvalue weighted by Crippen LogP contribution is -2.52. The summed E-state index contributed by atoms with van der Waals surface area (Å²) in [6.45, 7) is 0.736. The van der Waals surface area contributed by atoms with Gasteiger partial charge in [0.15, 0.2) is 0 Å². The van der Waals surface area contributed by atoms with Gasteiger partial charge >= 0.3 is 12.1 Å². The van der Waals surface area contributed by atoms with Crippen LogP contribution in [0.2, 0.25) is 0 Å². The van der Waals surface area contributed by atoms with E-state index in [2.05, 4.69) is 34.9 Å². The van der Waals surface area contributed by atoms with Crippen molar-refractivity contribution >= 4 is 18.0 Å². The SMILES string of the molecule is CN(C)CCC(NC(=O)OCC1c2ccccc2-c2ccccc21)C(=O)N[C@H]1CCC[C@H]1C(=O)O. The molecule has 2 aromatic carbocycles. The van der Waals surface area contributed by atoms with Crippen molar-refractivity contribution in [1.82, 2.24) is 15.5 Å². The number of benzene rings is 2. The highest BCUT2D eigenvalue weighted by Gasteiger charge is 2.36. The van der Waals surface area contributed by atoms with E-state index >= 15 is 0 Å². The summed E-state index contributed by atoms with van der Waals surface area (Å²) in [7, 11) is 3.78. The van der Waals surface area contributed by atoms with Crippen LogP contribution in [0.1, 0.15) is 42.7 Å². The Labute approximate surface area is 205 Å². The van der Waals surface area contributed by atoms with Crippen molar-refractivity contribution in [1.29, 1.82) is 0 Å². The van der Waals surface area contributed by atoms with E-state index in [0.717, 1.165) is 28.7 Å². The quantitative estimate of drug-likeness (QED) is 0.510. The molecule has 2 amide bonds. The normalized spacial score (nSPS) is 19.6. The molecule has 0 saturated heterocycles. The average molecular weight is 480 g/mol. The summed E-state index contributed by atoms with van der Waals surface area (Å²) in [6.07, 6.45) is 1.64. The van der Waals surface area contributed by atoms with Crippen LogP contribution in [0.3, 0.4) is 0 Å². The van der Waals surface area contributed by atoms with Gasteiger partial charge in [0.2, 0.25) is 5.91 Å². The van der Waals surface area contributed by atoms with Gasteiger partial charge in [-0.05, 0) is 62.2 Å². The molecule has 8 heteroatoms. The molecule has 35 heavy (non-hydrogen) atoms. The molecular weight excluding hydrogens is 446 g/mol. The molecule has 8 nitrogen and oxygen atoms in total. The molecule has 1 fully saturated rings. The van der Waals surface area contributed by atoms with Gasteiger partial charge in [0.1, 0.15) is 12.6 Å². The van der Waals surface area contributed by atoms with E-state index in [1.807, 2.05) is 43.3 Å². The molecule has 2 aliphatic rings. The highest BCUT2D eigenvalue weighted by molar-refractivity contribution is 5.86. The summed E-state index contributed by atoms with van der Waals surface area (Å²) in [5, 5.41) is 15.0. The maximum atomic E-state index is 13.0. The van der Waals surface area contributed by atoms with Crippen LogP contribution in [0, 0.1) is 5.92 Å². The number of alkyl carbamates (subject to hydrolysis) is 1. The first-order valence-corrected chi connectivity index (χ1v) is 12.1. The van der Waals surface area contributed by atoms with Gasteiger partial charge in [-0.25, -0.2) is 4.79 Å². The first kappa shape index (κ1) is 24.7. The van der Waals surface area contributed by atoms with Crippen molar-refractivity contribution in [3.8, 4) is 11.1 Å². The molecule has 3 N–H and O–H groups in total. The summed E-state index contributed by atoms with van der Waals surface area (Å²) in [4.78, 5) is 39.2. The number of hydrogen-bond donors (Lipinski definition) is 3. The number of fused-ring (bicyclic) bond motifs is 3. The first-order valence-electron chi connectivity index (χ1n) is 12.1. The van der Waals surface area contributed by atoms with E-state index in [9.17, 15) is 19.5 Å². The molecular formula is C27H33N3O5. The van der Waals surface area contributed by atoms with Crippen molar-refractivity contribution in [2.45, 2.75) is 43.7 Å². The maximum Gasteiger partial charge on any atom is 0.407 e. The number of carboxylic acid groups (broad SMARTS) is 1. The van der Waals surface area contributed by atoms with Gasteiger partial charge in [0.25, 0.3) is 0 Å². The van der Waals surface area contributed by atoms with Crippen molar-refractivity contribution in [3.05, 3.63) is 59.7 Å². The van der Waals surface area contributed by atoms with Crippen LogP contribution in [0.25, 0.3) is 11.1 Å². The standard InChI is InChI=1S/C27H33N3O5/c1-30(2)15-14-24(25(31)28-23-13-7-12-21(23)26(32)33)29-27(34)35-16-22-19-10-5-3-8-17(19)18-9-4-6-11-20(18)22/h3-6,8-11,21-24H,7,12-16H2,1-2H3,(H,28,31)(H,29,34)(H,32,33)/t21-,23+,24?/m1/s1. The predicted molar refractivity (Wildman–Crippen MR) is 132 cm³/mol. The van der Waals surface area contributed by atoms with Crippen LogP contribution in [0.15, 0.2) is 48.5 Å². The zero-order valence-electron chi connectivity index (χ0n) is 20.2. The van der Waals surface area contributed by atoms with Crippen LogP contribution in [0.4, 0.5) is 4.79 Å². The summed E-state index contributed by atoms with van der Waals surface area (Å²) in [6, 6.07) is 15.0. The second kappa shape index (κ2) is 10.9. The Kier molecular flexibility index (Phi) is 7.70. The second-order valence-electron chi connectivity index (χ2n) is 9.61. The van der Waals surface area contributed by atoms with Crippen molar-refractivity contribution in [2.24, 2.45) is 5.92 Å². The number of amides is 2. The van der Waals surface area contributed by atoms with Crippen LogP contribution in [-0.4, -0.2) is 67.3 Å². The molecule has 0 spiro atoms. The van der Waals surface area contributed by atoms with Crippen molar-refractivity contribution < 1.29 is 24.2 Å². The molecule has 0 radical (unpaired) electrons. The number of carbonyl (C=O) groups excluding carboxylic acids is 2. The summed E-state index contributed by atoms with van der Waals surface area (Å²) < 4.78 is 5.62. The van der Waals surface area contributed by atoms with Gasteiger partial charge in [-0.15, -0.1) is 0 Å². The minimum Gasteiger partial charge on any atom is -0.481 e. The molecule has 0 aliphatic heterocycles. The number of nitrogens with one attached hydrogen (secondary N) is 2. The predicted octanol–water partition coefficient (Wildman–Crippen LogP) is 3.21. The van der Waals surface area contributed by atoms with E-state index in [4.69, 9.17) is 4.74 Å². The third kappa shape index (κ3) is 5.65. The minimum atomic E-state index is -0.901. The van der Waals surface area contributed by atoms with Gasteiger partial charge in [-0.1, -0.05) is 55.0 Å². The first-order chi connectivity index (χ1) is 16.8. The van der Waals surface area contributed by atoms with Crippen molar-refractivity contribution in [2.75, 3.05) is 27.2 Å². The number of carboxylic acids is 1. The molecule has 186 valence electrons. The summed E-state index contributed by atoms with van der Waals surface area (Å²) >= 11 is 0. The number of rotatable bonds is 9. The molecule has 0 aromatic heterocycles. The fourth-order valence-electron chi connectivity index (χ4n) is 5.15. The molecule has 1 unspecified atom stereocenters. The number of hydrogen-bond acceptors (Lipinski definition) is 5. The van der Waals surface area contributed by atoms with Gasteiger partial charge in [-0.3, -0.25) is 9.59 Å². The highest BCUT2D eigenvalue weighted by atomic mass is 16.5.